The Morgan fingerprint density at radius 1 is 1.14 bits per heavy atom. The van der Waals surface area contributed by atoms with Gasteiger partial charge < -0.3 is 0 Å². The summed E-state index contributed by atoms with van der Waals surface area (Å²) in [4.78, 5) is 0. The van der Waals surface area contributed by atoms with Crippen LogP contribution in [0.4, 0.5) is 5.69 Å². The summed E-state index contributed by atoms with van der Waals surface area (Å²) in [5, 5.41) is 6.23. The van der Waals surface area contributed by atoms with Gasteiger partial charge in [-0.25, -0.2) is 5.01 Å². The molecule has 1 atom stereocenters. The zero-order valence-corrected chi connectivity index (χ0v) is 8.81. The third kappa shape index (κ3) is 1.48. The van der Waals surface area contributed by atoms with Crippen LogP contribution in [-0.4, -0.2) is 30.4 Å². The van der Waals surface area contributed by atoms with Crippen LogP contribution in [0.15, 0.2) is 30.3 Å². The van der Waals surface area contributed by atoms with Gasteiger partial charge in [-0.05, 0) is 19.1 Å². The van der Waals surface area contributed by atoms with Crippen LogP contribution in [0.25, 0.3) is 0 Å². The smallest absolute Gasteiger partial charge is 0.110 e. The van der Waals surface area contributed by atoms with Crippen LogP contribution in [0, 0.1) is 0 Å². The minimum Gasteiger partial charge on any atom is -0.275 e. The topological polar surface area (TPSA) is 21.8 Å². The first-order chi connectivity index (χ1) is 6.70. The summed E-state index contributed by atoms with van der Waals surface area (Å²) >= 11 is 0. The molecule has 14 heavy (non-hydrogen) atoms. The van der Waals surface area contributed by atoms with Crippen LogP contribution in [0.1, 0.15) is 6.92 Å². The number of anilines is 1. The average Bonchev–Trinajstić information content (AvgIpc) is 2.47. The Kier molecular flexibility index (Phi) is 2.41. The first-order valence-corrected chi connectivity index (χ1v) is 4.77. The maximum absolute atomic E-state index is 3.26. The lowest BCUT2D eigenvalue weighted by Gasteiger charge is -2.22. The predicted molar refractivity (Wildman–Crippen MR) is 57.0 cm³/mol. The maximum Gasteiger partial charge on any atom is 0.110 e. The summed E-state index contributed by atoms with van der Waals surface area (Å²) < 4.78 is 0. The predicted octanol–water partition coefficient (Wildman–Crippen LogP) is 1.05. The number of hydrogen-bond donors (Lipinski definition) is 1. The van der Waals surface area contributed by atoms with Gasteiger partial charge in [0.2, 0.25) is 0 Å². The highest BCUT2D eigenvalue weighted by Gasteiger charge is 2.29. The first kappa shape index (κ1) is 9.45. The van der Waals surface area contributed by atoms with Crippen LogP contribution in [0.5, 0.6) is 0 Å². The largest absolute Gasteiger partial charge is 0.275 e. The SMILES string of the molecule is C[C@@H]1N(c2ccccc2)NN(C)N1C. The van der Waals surface area contributed by atoms with Crippen molar-refractivity contribution in [2.75, 3.05) is 19.1 Å². The molecule has 1 saturated heterocycles. The Bertz CT molecular complexity index is 300. The van der Waals surface area contributed by atoms with E-state index >= 15 is 0 Å². The molecule has 1 N–H and O–H groups in total. The average molecular weight is 192 g/mol. The van der Waals surface area contributed by atoms with Crippen molar-refractivity contribution in [1.82, 2.24) is 15.7 Å². The zero-order valence-electron chi connectivity index (χ0n) is 8.81. The molecule has 1 aliphatic heterocycles. The molecule has 0 aromatic heterocycles. The van der Waals surface area contributed by atoms with Gasteiger partial charge in [0.1, 0.15) is 6.17 Å². The van der Waals surface area contributed by atoms with E-state index in [0.717, 1.165) is 0 Å². The van der Waals surface area contributed by atoms with Gasteiger partial charge in [-0.15, -0.1) is 0 Å². The van der Waals surface area contributed by atoms with E-state index in [1.807, 2.05) is 30.4 Å². The monoisotopic (exact) mass is 192 g/mol. The second kappa shape index (κ2) is 3.57. The molecule has 1 aromatic carbocycles. The molecule has 0 saturated carbocycles. The molecular weight excluding hydrogens is 176 g/mol. The lowest BCUT2D eigenvalue weighted by molar-refractivity contribution is 0.0237. The van der Waals surface area contributed by atoms with Crippen LogP contribution in [0.2, 0.25) is 0 Å². The lowest BCUT2D eigenvalue weighted by atomic mass is 10.3. The Morgan fingerprint density at radius 2 is 1.79 bits per heavy atom. The van der Waals surface area contributed by atoms with Crippen LogP contribution in [-0.2, 0) is 0 Å². The van der Waals surface area contributed by atoms with Crippen molar-refractivity contribution in [3.8, 4) is 0 Å². The highest BCUT2D eigenvalue weighted by Crippen LogP contribution is 2.19. The van der Waals surface area contributed by atoms with Gasteiger partial charge in [0.15, 0.2) is 0 Å². The fraction of sp³-hybridized carbons (Fsp3) is 0.400. The minimum absolute atomic E-state index is 0.322. The minimum atomic E-state index is 0.322. The Hall–Kier alpha value is -1.10. The molecule has 76 valence electrons. The zero-order chi connectivity index (χ0) is 10.1. The molecule has 1 heterocycles. The van der Waals surface area contributed by atoms with Gasteiger partial charge in [-0.1, -0.05) is 18.2 Å². The second-order valence-electron chi connectivity index (χ2n) is 3.53. The number of para-hydroxylation sites is 1. The van der Waals surface area contributed by atoms with E-state index in [4.69, 9.17) is 0 Å². The van der Waals surface area contributed by atoms with Gasteiger partial charge in [0.05, 0.1) is 5.69 Å². The number of benzene rings is 1. The van der Waals surface area contributed by atoms with Gasteiger partial charge in [0, 0.05) is 14.1 Å². The summed E-state index contributed by atoms with van der Waals surface area (Å²) in [6.45, 7) is 2.16. The molecule has 0 radical (unpaired) electrons. The van der Waals surface area contributed by atoms with E-state index in [1.165, 1.54) is 5.69 Å². The van der Waals surface area contributed by atoms with E-state index < -0.39 is 0 Å². The summed E-state index contributed by atoms with van der Waals surface area (Å²) in [6, 6.07) is 10.3. The Labute approximate surface area is 84.6 Å². The summed E-state index contributed by atoms with van der Waals surface area (Å²) in [5.74, 6) is 0. The van der Waals surface area contributed by atoms with Crippen molar-refractivity contribution < 1.29 is 0 Å². The summed E-state index contributed by atoms with van der Waals surface area (Å²) in [6.07, 6.45) is 0.322. The van der Waals surface area contributed by atoms with Crippen LogP contribution in [0.3, 0.4) is 0 Å². The molecule has 0 aliphatic carbocycles. The van der Waals surface area contributed by atoms with E-state index in [0.29, 0.717) is 6.17 Å². The number of rotatable bonds is 1. The summed E-state index contributed by atoms with van der Waals surface area (Å²) in [7, 11) is 4.06. The van der Waals surface area contributed by atoms with Gasteiger partial charge in [-0.2, -0.15) is 10.7 Å². The molecule has 1 aromatic rings. The molecule has 1 aliphatic rings. The molecule has 4 nitrogen and oxygen atoms in total. The quantitative estimate of drug-likeness (QED) is 0.718. The molecule has 0 amide bonds. The lowest BCUT2D eigenvalue weighted by Crippen LogP contribution is -2.39. The third-order valence-electron chi connectivity index (χ3n) is 2.67. The van der Waals surface area contributed by atoms with Crippen molar-refractivity contribution in [1.29, 1.82) is 0 Å². The molecule has 4 heteroatoms. The Balaban J connectivity index is 2.21. The van der Waals surface area contributed by atoms with E-state index in [9.17, 15) is 0 Å². The van der Waals surface area contributed by atoms with Crippen LogP contribution >= 0.6 is 0 Å². The maximum atomic E-state index is 3.26. The fourth-order valence-corrected chi connectivity index (χ4v) is 1.59. The fourth-order valence-electron chi connectivity index (χ4n) is 1.59. The normalized spacial score (nSPS) is 24.5. The van der Waals surface area contributed by atoms with Crippen molar-refractivity contribution in [2.24, 2.45) is 0 Å². The van der Waals surface area contributed by atoms with Crippen molar-refractivity contribution in [2.45, 2.75) is 13.1 Å². The van der Waals surface area contributed by atoms with E-state index in [1.54, 1.807) is 0 Å². The highest BCUT2D eigenvalue weighted by molar-refractivity contribution is 5.45. The molecular formula is C10H16N4. The van der Waals surface area contributed by atoms with Gasteiger partial charge in [-0.3, -0.25) is 5.01 Å². The molecule has 0 unspecified atom stereocenters. The van der Waals surface area contributed by atoms with Gasteiger partial charge in [0.25, 0.3) is 0 Å². The van der Waals surface area contributed by atoms with Crippen molar-refractivity contribution in [3.63, 3.8) is 0 Å². The van der Waals surface area contributed by atoms with Gasteiger partial charge >= 0.3 is 0 Å². The molecule has 0 bridgehead atoms. The third-order valence-corrected chi connectivity index (χ3v) is 2.67. The number of hydrazine groups is 3. The standard InChI is InChI=1S/C10H16N4/c1-9-12(2)13(3)11-14(9)10-7-5-4-6-8-10/h4-9,11H,1-3H3/t9-/m0/s1. The summed E-state index contributed by atoms with van der Waals surface area (Å²) in [5.41, 5.74) is 4.44. The number of nitrogens with one attached hydrogen (secondary N) is 1. The molecule has 2 rings (SSSR count). The van der Waals surface area contributed by atoms with Crippen LogP contribution < -0.4 is 10.5 Å². The number of hydrogen-bond acceptors (Lipinski definition) is 4. The van der Waals surface area contributed by atoms with Crippen molar-refractivity contribution in [3.05, 3.63) is 30.3 Å². The first-order valence-electron chi connectivity index (χ1n) is 4.77. The van der Waals surface area contributed by atoms with Crippen molar-refractivity contribution >= 4 is 5.69 Å². The second-order valence-corrected chi connectivity index (χ2v) is 3.53. The van der Waals surface area contributed by atoms with E-state index in [-0.39, 0.29) is 0 Å². The highest BCUT2D eigenvalue weighted by atomic mass is 16.0. The number of nitrogens with zero attached hydrogens (tertiary/aromatic N) is 3. The van der Waals surface area contributed by atoms with E-state index in [2.05, 4.69) is 41.7 Å². The molecule has 1 fully saturated rings. The molecule has 0 spiro atoms. The Morgan fingerprint density at radius 3 is 2.29 bits per heavy atom.